The molecule has 0 unspecified atom stereocenters. The molecule has 0 N–H and O–H groups in total. The van der Waals surface area contributed by atoms with Crippen molar-refractivity contribution in [2.45, 2.75) is 31.7 Å². The average Bonchev–Trinajstić information content (AvgIpc) is 2.73. The number of aromatic nitrogens is 3. The van der Waals surface area contributed by atoms with Crippen molar-refractivity contribution in [1.82, 2.24) is 15.2 Å². The van der Waals surface area contributed by atoms with Gasteiger partial charge >= 0.3 is 0 Å². The zero-order valence-electron chi connectivity index (χ0n) is 16.9. The molecule has 3 nitrogen and oxygen atoms in total. The van der Waals surface area contributed by atoms with E-state index in [0.29, 0.717) is 5.16 Å². The molecule has 1 aromatic heterocycles. The summed E-state index contributed by atoms with van der Waals surface area (Å²) in [5, 5.41) is 9.69. The fraction of sp³-hybridized carbons (Fsp3) is 0.160. The second-order valence-corrected chi connectivity index (χ2v) is 8.24. The van der Waals surface area contributed by atoms with Gasteiger partial charge in [0.05, 0.1) is 0 Å². The van der Waals surface area contributed by atoms with Crippen LogP contribution in [0.4, 0.5) is 0 Å². The minimum atomic E-state index is 0.693. The third-order valence-corrected chi connectivity index (χ3v) is 5.68. The predicted octanol–water partition coefficient (Wildman–Crippen LogP) is 6.42. The van der Waals surface area contributed by atoms with Crippen molar-refractivity contribution in [3.8, 4) is 22.5 Å². The Morgan fingerprint density at radius 3 is 1.90 bits per heavy atom. The Hall–Kier alpha value is -2.98. The van der Waals surface area contributed by atoms with E-state index in [4.69, 9.17) is 4.98 Å². The quantitative estimate of drug-likeness (QED) is 0.364. The average molecular weight is 398 g/mol. The Morgan fingerprint density at radius 1 is 0.655 bits per heavy atom. The van der Waals surface area contributed by atoms with Crippen molar-refractivity contribution >= 4 is 11.8 Å². The summed E-state index contributed by atoms with van der Waals surface area (Å²) < 4.78 is 0. The third kappa shape index (κ3) is 4.72. The van der Waals surface area contributed by atoms with E-state index in [-0.39, 0.29) is 0 Å². The first-order chi connectivity index (χ1) is 14.1. The summed E-state index contributed by atoms with van der Waals surface area (Å²) in [7, 11) is 0. The van der Waals surface area contributed by atoms with Crippen LogP contribution in [0.15, 0.2) is 78.0 Å². The summed E-state index contributed by atoms with van der Waals surface area (Å²) in [6.07, 6.45) is 0. The lowest BCUT2D eigenvalue weighted by molar-refractivity contribution is 0.850. The van der Waals surface area contributed by atoms with E-state index >= 15 is 0 Å². The number of rotatable bonds is 5. The molecular weight excluding hydrogens is 374 g/mol. The summed E-state index contributed by atoms with van der Waals surface area (Å²) in [4.78, 5) is 4.90. The molecule has 4 rings (SSSR count). The number of thioether (sulfide) groups is 1. The van der Waals surface area contributed by atoms with Crippen LogP contribution in [0.1, 0.15) is 22.3 Å². The normalized spacial score (nSPS) is 10.9. The largest absolute Gasteiger partial charge is 0.219 e. The summed E-state index contributed by atoms with van der Waals surface area (Å²) in [5.74, 6) is 0.820. The van der Waals surface area contributed by atoms with Crippen LogP contribution in [0.25, 0.3) is 22.5 Å². The fourth-order valence-electron chi connectivity index (χ4n) is 3.14. The van der Waals surface area contributed by atoms with E-state index in [1.165, 1.54) is 22.3 Å². The lowest BCUT2D eigenvalue weighted by Gasteiger charge is -2.10. The summed E-state index contributed by atoms with van der Waals surface area (Å²) in [6, 6.07) is 25.3. The van der Waals surface area contributed by atoms with E-state index in [0.717, 1.165) is 28.3 Å². The second kappa shape index (κ2) is 8.58. The van der Waals surface area contributed by atoms with Crippen LogP contribution in [0.3, 0.4) is 0 Å². The Labute approximate surface area is 176 Å². The first-order valence-electron chi connectivity index (χ1n) is 9.65. The van der Waals surface area contributed by atoms with Gasteiger partial charge < -0.3 is 0 Å². The number of hydrogen-bond donors (Lipinski definition) is 0. The molecule has 0 amide bonds. The molecule has 0 aliphatic heterocycles. The van der Waals surface area contributed by atoms with Gasteiger partial charge in [0.25, 0.3) is 0 Å². The zero-order chi connectivity index (χ0) is 20.2. The maximum Gasteiger partial charge on any atom is 0.210 e. The van der Waals surface area contributed by atoms with E-state index < -0.39 is 0 Å². The Morgan fingerprint density at radius 2 is 1.28 bits per heavy atom. The smallest absolute Gasteiger partial charge is 0.210 e. The number of benzene rings is 3. The Kier molecular flexibility index (Phi) is 5.72. The highest BCUT2D eigenvalue weighted by Crippen LogP contribution is 2.31. The third-order valence-electron chi connectivity index (χ3n) is 4.77. The first kappa shape index (κ1) is 19.3. The van der Waals surface area contributed by atoms with Crippen LogP contribution in [-0.4, -0.2) is 15.2 Å². The summed E-state index contributed by atoms with van der Waals surface area (Å²) >= 11 is 1.62. The standard InChI is InChI=1S/C25H23N3S/c1-17-7-11-21(12-8-17)23-24(22-13-9-18(2)10-14-22)27-28-25(26-23)29-16-20-6-4-5-19(3)15-20/h4-15H,16H2,1-3H3. The lowest BCUT2D eigenvalue weighted by atomic mass is 10.0. The molecule has 0 atom stereocenters. The van der Waals surface area contributed by atoms with E-state index in [9.17, 15) is 0 Å². The van der Waals surface area contributed by atoms with Gasteiger partial charge in [0, 0.05) is 16.9 Å². The molecule has 0 spiro atoms. The van der Waals surface area contributed by atoms with Gasteiger partial charge in [-0.3, -0.25) is 0 Å². The Balaban J connectivity index is 1.70. The highest BCUT2D eigenvalue weighted by Gasteiger charge is 2.14. The van der Waals surface area contributed by atoms with Crippen molar-refractivity contribution in [2.24, 2.45) is 0 Å². The Bertz CT molecular complexity index is 1120. The van der Waals surface area contributed by atoms with Gasteiger partial charge in [-0.1, -0.05) is 101 Å². The van der Waals surface area contributed by atoms with Crippen molar-refractivity contribution in [1.29, 1.82) is 0 Å². The van der Waals surface area contributed by atoms with Crippen LogP contribution >= 0.6 is 11.8 Å². The molecule has 0 radical (unpaired) electrons. The van der Waals surface area contributed by atoms with E-state index in [2.05, 4.69) is 104 Å². The minimum absolute atomic E-state index is 0.693. The molecule has 0 aliphatic carbocycles. The molecule has 4 heteroatoms. The van der Waals surface area contributed by atoms with Crippen LogP contribution in [0.5, 0.6) is 0 Å². The number of nitrogens with zero attached hydrogens (tertiary/aromatic N) is 3. The van der Waals surface area contributed by atoms with Gasteiger partial charge in [-0.2, -0.15) is 0 Å². The molecule has 0 saturated carbocycles. The summed E-state index contributed by atoms with van der Waals surface area (Å²) in [6.45, 7) is 6.28. The monoisotopic (exact) mass is 397 g/mol. The molecule has 144 valence electrons. The molecular formula is C25H23N3S. The van der Waals surface area contributed by atoms with Gasteiger partial charge in [-0.05, 0) is 26.3 Å². The van der Waals surface area contributed by atoms with E-state index in [1.807, 2.05) is 0 Å². The zero-order valence-corrected chi connectivity index (χ0v) is 17.7. The van der Waals surface area contributed by atoms with Crippen LogP contribution in [-0.2, 0) is 5.75 Å². The lowest BCUT2D eigenvalue weighted by Crippen LogP contribution is -1.99. The van der Waals surface area contributed by atoms with Gasteiger partial charge in [-0.15, -0.1) is 10.2 Å². The van der Waals surface area contributed by atoms with Crippen molar-refractivity contribution in [3.63, 3.8) is 0 Å². The fourth-order valence-corrected chi connectivity index (χ4v) is 3.87. The second-order valence-electron chi connectivity index (χ2n) is 7.30. The maximum absolute atomic E-state index is 4.90. The molecule has 0 fully saturated rings. The van der Waals surface area contributed by atoms with Crippen LogP contribution < -0.4 is 0 Å². The first-order valence-corrected chi connectivity index (χ1v) is 10.6. The van der Waals surface area contributed by atoms with Gasteiger partial charge in [0.2, 0.25) is 5.16 Å². The minimum Gasteiger partial charge on any atom is -0.219 e. The van der Waals surface area contributed by atoms with Crippen molar-refractivity contribution < 1.29 is 0 Å². The molecule has 0 aliphatic rings. The van der Waals surface area contributed by atoms with E-state index in [1.54, 1.807) is 11.8 Å². The maximum atomic E-state index is 4.90. The molecule has 4 aromatic rings. The number of aryl methyl sites for hydroxylation is 3. The molecule has 1 heterocycles. The SMILES string of the molecule is Cc1ccc(-c2nnc(SCc3cccc(C)c3)nc2-c2ccc(C)cc2)cc1. The highest BCUT2D eigenvalue weighted by molar-refractivity contribution is 7.98. The van der Waals surface area contributed by atoms with Gasteiger partial charge in [0.1, 0.15) is 11.4 Å². The summed E-state index contributed by atoms with van der Waals surface area (Å²) in [5.41, 5.74) is 8.73. The van der Waals surface area contributed by atoms with Crippen molar-refractivity contribution in [3.05, 3.63) is 95.1 Å². The van der Waals surface area contributed by atoms with Crippen LogP contribution in [0, 0.1) is 20.8 Å². The highest BCUT2D eigenvalue weighted by atomic mass is 32.2. The van der Waals surface area contributed by atoms with Crippen molar-refractivity contribution in [2.75, 3.05) is 0 Å². The molecule has 3 aromatic carbocycles. The predicted molar refractivity (Wildman–Crippen MR) is 121 cm³/mol. The molecule has 0 saturated heterocycles. The van der Waals surface area contributed by atoms with Gasteiger partial charge in [0.15, 0.2) is 0 Å². The van der Waals surface area contributed by atoms with Crippen LogP contribution in [0.2, 0.25) is 0 Å². The molecule has 0 bridgehead atoms. The topological polar surface area (TPSA) is 38.7 Å². The number of hydrogen-bond acceptors (Lipinski definition) is 4. The molecule has 29 heavy (non-hydrogen) atoms. The van der Waals surface area contributed by atoms with Gasteiger partial charge in [-0.25, -0.2) is 4.98 Å².